The van der Waals surface area contributed by atoms with Crippen molar-refractivity contribution in [2.75, 3.05) is 18.8 Å². The second kappa shape index (κ2) is 5.78. The van der Waals surface area contributed by atoms with Gasteiger partial charge in [0.15, 0.2) is 5.13 Å². The van der Waals surface area contributed by atoms with Gasteiger partial charge in [-0.1, -0.05) is 24.7 Å². The second-order valence-electron chi connectivity index (χ2n) is 5.19. The van der Waals surface area contributed by atoms with Crippen LogP contribution < -0.4 is 5.73 Å². The Labute approximate surface area is 121 Å². The fourth-order valence-corrected chi connectivity index (χ4v) is 3.38. The highest BCUT2D eigenvalue weighted by Crippen LogP contribution is 2.37. The number of nitrogens with two attached hydrogens (primary N) is 1. The number of thiazole rings is 1. The fourth-order valence-electron chi connectivity index (χ4n) is 2.73. The van der Waals surface area contributed by atoms with Crippen molar-refractivity contribution in [3.05, 3.63) is 11.1 Å². The highest BCUT2D eigenvalue weighted by atomic mass is 32.1. The third kappa shape index (κ3) is 2.77. The Bertz CT molecular complexity index is 507. The van der Waals surface area contributed by atoms with E-state index in [-0.39, 0.29) is 5.91 Å². The first kappa shape index (κ1) is 14.8. The summed E-state index contributed by atoms with van der Waals surface area (Å²) >= 11 is 1.17. The number of carboxylic acid groups (broad SMARTS) is 1. The van der Waals surface area contributed by atoms with E-state index < -0.39 is 11.4 Å². The van der Waals surface area contributed by atoms with Crippen LogP contribution in [0.25, 0.3) is 0 Å². The largest absolute Gasteiger partial charge is 0.481 e. The molecule has 1 aliphatic rings. The number of likely N-dealkylation sites (tertiary alicyclic amines) is 1. The molecule has 0 aliphatic carbocycles. The summed E-state index contributed by atoms with van der Waals surface area (Å²) in [5, 5.41) is 9.81. The van der Waals surface area contributed by atoms with Crippen molar-refractivity contribution >= 4 is 28.3 Å². The van der Waals surface area contributed by atoms with Crippen LogP contribution in [0, 0.1) is 5.41 Å². The summed E-state index contributed by atoms with van der Waals surface area (Å²) in [6.07, 6.45) is 4.00. The fraction of sp³-hybridized carbons (Fsp3) is 0.615. The first-order valence-electron chi connectivity index (χ1n) is 6.72. The van der Waals surface area contributed by atoms with Crippen LogP contribution in [0.15, 0.2) is 6.20 Å². The van der Waals surface area contributed by atoms with Gasteiger partial charge in [-0.15, -0.1) is 0 Å². The number of carboxylic acids is 1. The molecular formula is C13H19N3O3S. The molecule has 20 heavy (non-hydrogen) atoms. The Hall–Kier alpha value is -1.63. The maximum atomic E-state index is 12.2. The van der Waals surface area contributed by atoms with Crippen LogP contribution in [0.4, 0.5) is 5.13 Å². The predicted octanol–water partition coefficient (Wildman–Crippen LogP) is 1.83. The van der Waals surface area contributed by atoms with Gasteiger partial charge >= 0.3 is 5.97 Å². The van der Waals surface area contributed by atoms with Crippen LogP contribution in [-0.2, 0) is 4.79 Å². The number of nitrogens with zero attached hydrogens (tertiary/aromatic N) is 2. The molecule has 0 atom stereocenters. The molecule has 1 aromatic heterocycles. The smallest absolute Gasteiger partial charge is 0.309 e. The molecule has 1 amide bonds. The van der Waals surface area contributed by atoms with Crippen LogP contribution in [-0.4, -0.2) is 40.0 Å². The number of carbonyl (C=O) groups excluding carboxylic acids is 1. The minimum Gasteiger partial charge on any atom is -0.481 e. The number of piperidine rings is 1. The lowest BCUT2D eigenvalue weighted by Crippen LogP contribution is -2.46. The number of aromatic nitrogens is 1. The summed E-state index contributed by atoms with van der Waals surface area (Å²) < 4.78 is 0. The molecule has 6 nitrogen and oxygen atoms in total. The third-order valence-electron chi connectivity index (χ3n) is 3.92. The minimum atomic E-state index is -0.742. The van der Waals surface area contributed by atoms with Gasteiger partial charge in [0.1, 0.15) is 4.88 Å². The first-order valence-corrected chi connectivity index (χ1v) is 7.54. The number of amides is 1. The van der Waals surface area contributed by atoms with Crippen molar-refractivity contribution < 1.29 is 14.7 Å². The molecule has 0 saturated carbocycles. The van der Waals surface area contributed by atoms with Gasteiger partial charge in [0.25, 0.3) is 5.91 Å². The lowest BCUT2D eigenvalue weighted by molar-refractivity contribution is -0.152. The first-order chi connectivity index (χ1) is 9.48. The number of anilines is 1. The average molecular weight is 297 g/mol. The van der Waals surface area contributed by atoms with E-state index in [2.05, 4.69) is 4.98 Å². The Morgan fingerprint density at radius 3 is 2.60 bits per heavy atom. The molecule has 7 heteroatoms. The molecule has 0 radical (unpaired) electrons. The van der Waals surface area contributed by atoms with Gasteiger partial charge in [-0.2, -0.15) is 0 Å². The molecule has 0 unspecified atom stereocenters. The van der Waals surface area contributed by atoms with Crippen LogP contribution >= 0.6 is 11.3 Å². The van der Waals surface area contributed by atoms with Crippen molar-refractivity contribution in [2.45, 2.75) is 32.6 Å². The quantitative estimate of drug-likeness (QED) is 0.883. The SMILES string of the molecule is CCCC1(C(=O)O)CCN(C(=O)c2cnc(N)s2)CC1. The topological polar surface area (TPSA) is 96.5 Å². The monoisotopic (exact) mass is 297 g/mol. The molecule has 110 valence electrons. The highest BCUT2D eigenvalue weighted by Gasteiger charge is 2.41. The molecule has 3 N–H and O–H groups in total. The lowest BCUT2D eigenvalue weighted by atomic mass is 9.75. The number of rotatable bonds is 4. The molecule has 2 heterocycles. The van der Waals surface area contributed by atoms with Crippen LogP contribution in [0.5, 0.6) is 0 Å². The van der Waals surface area contributed by atoms with Gasteiger partial charge < -0.3 is 15.7 Å². The van der Waals surface area contributed by atoms with Crippen molar-refractivity contribution in [1.29, 1.82) is 0 Å². The van der Waals surface area contributed by atoms with E-state index in [0.717, 1.165) is 6.42 Å². The maximum Gasteiger partial charge on any atom is 0.309 e. The van der Waals surface area contributed by atoms with Crippen molar-refractivity contribution in [1.82, 2.24) is 9.88 Å². The number of hydrogen-bond donors (Lipinski definition) is 2. The standard InChI is InChI=1S/C13H19N3O3S/c1-2-3-13(11(18)19)4-6-16(7-5-13)10(17)9-8-15-12(14)20-9/h8H,2-7H2,1H3,(H2,14,15)(H,18,19). The Morgan fingerprint density at radius 2 is 2.15 bits per heavy atom. The van der Waals surface area contributed by atoms with Gasteiger partial charge in [0.2, 0.25) is 0 Å². The van der Waals surface area contributed by atoms with Crippen molar-refractivity contribution in [3.8, 4) is 0 Å². The molecule has 1 aliphatic heterocycles. The second-order valence-corrected chi connectivity index (χ2v) is 6.25. The zero-order valence-corrected chi connectivity index (χ0v) is 12.3. The van der Waals surface area contributed by atoms with E-state index in [0.29, 0.717) is 42.4 Å². The van der Waals surface area contributed by atoms with Crippen LogP contribution in [0.1, 0.15) is 42.3 Å². The molecule has 0 bridgehead atoms. The van der Waals surface area contributed by atoms with Gasteiger partial charge in [0, 0.05) is 13.1 Å². The number of aliphatic carboxylic acids is 1. The predicted molar refractivity (Wildman–Crippen MR) is 76.6 cm³/mol. The lowest BCUT2D eigenvalue weighted by Gasteiger charge is -2.38. The molecular weight excluding hydrogens is 278 g/mol. The van der Waals surface area contributed by atoms with Gasteiger partial charge in [0.05, 0.1) is 11.6 Å². The van der Waals surface area contributed by atoms with Crippen molar-refractivity contribution in [2.24, 2.45) is 5.41 Å². The van der Waals surface area contributed by atoms with E-state index >= 15 is 0 Å². The van der Waals surface area contributed by atoms with Gasteiger partial charge in [-0.25, -0.2) is 4.98 Å². The zero-order chi connectivity index (χ0) is 14.8. The van der Waals surface area contributed by atoms with E-state index in [1.165, 1.54) is 17.5 Å². The zero-order valence-electron chi connectivity index (χ0n) is 11.5. The molecule has 1 aromatic rings. The van der Waals surface area contributed by atoms with E-state index in [1.54, 1.807) is 4.90 Å². The Balaban J connectivity index is 2.03. The van der Waals surface area contributed by atoms with E-state index in [4.69, 9.17) is 5.73 Å². The summed E-state index contributed by atoms with van der Waals surface area (Å²) in [5.74, 6) is -0.844. The number of hydrogen-bond acceptors (Lipinski definition) is 5. The summed E-state index contributed by atoms with van der Waals surface area (Å²) in [6.45, 7) is 2.94. The summed E-state index contributed by atoms with van der Waals surface area (Å²) in [6, 6.07) is 0. The Morgan fingerprint density at radius 1 is 1.50 bits per heavy atom. The van der Waals surface area contributed by atoms with E-state index in [1.807, 2.05) is 6.92 Å². The molecule has 1 saturated heterocycles. The molecule has 0 spiro atoms. The van der Waals surface area contributed by atoms with Gasteiger partial charge in [-0.05, 0) is 19.3 Å². The Kier molecular flexibility index (Phi) is 4.27. The summed E-state index contributed by atoms with van der Waals surface area (Å²) in [5.41, 5.74) is 4.86. The van der Waals surface area contributed by atoms with Crippen LogP contribution in [0.2, 0.25) is 0 Å². The van der Waals surface area contributed by atoms with E-state index in [9.17, 15) is 14.7 Å². The van der Waals surface area contributed by atoms with Crippen molar-refractivity contribution in [3.63, 3.8) is 0 Å². The van der Waals surface area contributed by atoms with Gasteiger partial charge in [-0.3, -0.25) is 9.59 Å². The average Bonchev–Trinajstić information content (AvgIpc) is 2.85. The maximum absolute atomic E-state index is 12.2. The van der Waals surface area contributed by atoms with Crippen LogP contribution in [0.3, 0.4) is 0 Å². The molecule has 1 fully saturated rings. The molecule has 0 aromatic carbocycles. The summed E-state index contributed by atoms with van der Waals surface area (Å²) in [4.78, 5) is 29.8. The molecule has 2 rings (SSSR count). The number of carbonyl (C=O) groups is 2. The normalized spacial score (nSPS) is 17.9. The minimum absolute atomic E-state index is 0.102. The third-order valence-corrected chi connectivity index (χ3v) is 4.74. The highest BCUT2D eigenvalue weighted by molar-refractivity contribution is 7.17. The summed E-state index contributed by atoms with van der Waals surface area (Å²) in [7, 11) is 0. The number of nitrogen functional groups attached to an aromatic ring is 1.